The second-order valence-corrected chi connectivity index (χ2v) is 5.95. The van der Waals surface area contributed by atoms with Crippen LogP contribution in [0.25, 0.3) is 0 Å². The van der Waals surface area contributed by atoms with Crippen molar-refractivity contribution in [3.63, 3.8) is 0 Å². The summed E-state index contributed by atoms with van der Waals surface area (Å²) in [6.45, 7) is -0.0350. The monoisotopic (exact) mass is 267 g/mol. The highest BCUT2D eigenvalue weighted by Gasteiger charge is 2.31. The first-order chi connectivity index (χ1) is 8.54. The second kappa shape index (κ2) is 5.02. The van der Waals surface area contributed by atoms with Gasteiger partial charge in [0.05, 0.1) is 6.10 Å². The molecule has 96 valence electrons. The molecule has 0 bridgehead atoms. The Balaban J connectivity index is 2.12. The van der Waals surface area contributed by atoms with Crippen molar-refractivity contribution in [1.29, 1.82) is 5.26 Å². The van der Waals surface area contributed by atoms with Crippen molar-refractivity contribution in [2.45, 2.75) is 23.8 Å². The van der Waals surface area contributed by atoms with E-state index < -0.39 is 16.1 Å². The van der Waals surface area contributed by atoms with Crippen LogP contribution in [0.1, 0.15) is 18.5 Å². The number of aromatic nitrogens is 1. The van der Waals surface area contributed by atoms with Gasteiger partial charge in [-0.15, -0.1) is 0 Å². The zero-order valence-electron chi connectivity index (χ0n) is 9.57. The van der Waals surface area contributed by atoms with E-state index in [0.717, 1.165) is 12.8 Å². The standard InChI is InChI=1S/C11H13N3O3S/c12-6-9-11(2-1-5-13-9)18(16,17)14-7-10(15)8-3-4-8/h1-2,5,8,10,14-15H,3-4,7H2. The summed E-state index contributed by atoms with van der Waals surface area (Å²) >= 11 is 0. The first-order valence-corrected chi connectivity index (χ1v) is 7.06. The Bertz CT molecular complexity index is 575. The molecule has 2 rings (SSSR count). The normalized spacial score (nSPS) is 17.1. The van der Waals surface area contributed by atoms with Crippen molar-refractivity contribution in [2.24, 2.45) is 5.92 Å². The molecule has 0 saturated heterocycles. The molecule has 1 heterocycles. The lowest BCUT2D eigenvalue weighted by molar-refractivity contribution is 0.155. The molecule has 0 amide bonds. The first-order valence-electron chi connectivity index (χ1n) is 5.57. The van der Waals surface area contributed by atoms with Crippen molar-refractivity contribution in [3.8, 4) is 6.07 Å². The van der Waals surface area contributed by atoms with E-state index in [2.05, 4.69) is 9.71 Å². The fourth-order valence-electron chi connectivity index (χ4n) is 1.61. The summed E-state index contributed by atoms with van der Waals surface area (Å²) in [7, 11) is -3.80. The zero-order chi connectivity index (χ0) is 13.2. The van der Waals surface area contributed by atoms with Gasteiger partial charge in [0.25, 0.3) is 0 Å². The summed E-state index contributed by atoms with van der Waals surface area (Å²) < 4.78 is 26.2. The highest BCUT2D eigenvalue weighted by atomic mass is 32.2. The molecule has 7 heteroatoms. The zero-order valence-corrected chi connectivity index (χ0v) is 10.4. The molecule has 1 fully saturated rings. The Morgan fingerprint density at radius 2 is 2.33 bits per heavy atom. The molecule has 0 radical (unpaired) electrons. The smallest absolute Gasteiger partial charge is 0.243 e. The van der Waals surface area contributed by atoms with E-state index in [0.29, 0.717) is 0 Å². The molecule has 18 heavy (non-hydrogen) atoms. The third-order valence-corrected chi connectivity index (χ3v) is 4.27. The molecule has 1 aliphatic carbocycles. The van der Waals surface area contributed by atoms with Gasteiger partial charge in [-0.25, -0.2) is 18.1 Å². The first kappa shape index (κ1) is 13.0. The van der Waals surface area contributed by atoms with Crippen molar-refractivity contribution in [3.05, 3.63) is 24.0 Å². The third-order valence-electron chi connectivity index (χ3n) is 2.81. The predicted octanol–water partition coefficient (Wildman–Crippen LogP) is 0.00248. The Morgan fingerprint density at radius 1 is 1.61 bits per heavy atom. The lowest BCUT2D eigenvalue weighted by Gasteiger charge is -2.11. The number of nitriles is 1. The molecule has 0 aliphatic heterocycles. The number of hydrogen-bond acceptors (Lipinski definition) is 5. The van der Waals surface area contributed by atoms with Crippen molar-refractivity contribution < 1.29 is 13.5 Å². The summed E-state index contributed by atoms with van der Waals surface area (Å²) in [5.41, 5.74) is -0.147. The lowest BCUT2D eigenvalue weighted by Crippen LogP contribution is -2.33. The number of rotatable bonds is 5. The van der Waals surface area contributed by atoms with Gasteiger partial charge in [0, 0.05) is 12.7 Å². The van der Waals surface area contributed by atoms with Crippen LogP contribution in [0.3, 0.4) is 0 Å². The fourth-order valence-corrected chi connectivity index (χ4v) is 2.77. The predicted molar refractivity (Wildman–Crippen MR) is 62.9 cm³/mol. The number of pyridine rings is 1. The summed E-state index contributed by atoms with van der Waals surface area (Å²) in [5.74, 6) is 0.192. The molecule has 1 atom stereocenters. The summed E-state index contributed by atoms with van der Waals surface area (Å²) in [6, 6.07) is 4.50. The molecule has 1 aliphatic rings. The average Bonchev–Trinajstić information content (AvgIpc) is 3.20. The Labute approximate surface area is 105 Å². The lowest BCUT2D eigenvalue weighted by atomic mass is 10.2. The topological polar surface area (TPSA) is 103 Å². The van der Waals surface area contributed by atoms with Crippen molar-refractivity contribution in [2.75, 3.05) is 6.54 Å². The van der Waals surface area contributed by atoms with Gasteiger partial charge in [0.1, 0.15) is 11.0 Å². The van der Waals surface area contributed by atoms with E-state index in [1.807, 2.05) is 0 Å². The summed E-state index contributed by atoms with van der Waals surface area (Å²) in [5, 5.41) is 18.4. The van der Waals surface area contributed by atoms with E-state index in [-0.39, 0.29) is 23.1 Å². The number of aliphatic hydroxyl groups is 1. The highest BCUT2D eigenvalue weighted by molar-refractivity contribution is 7.89. The maximum atomic E-state index is 11.9. The molecule has 2 N–H and O–H groups in total. The molecule has 6 nitrogen and oxygen atoms in total. The van der Waals surface area contributed by atoms with Gasteiger partial charge in [-0.3, -0.25) is 0 Å². The van der Waals surface area contributed by atoms with Crippen LogP contribution in [-0.4, -0.2) is 31.2 Å². The van der Waals surface area contributed by atoms with Crippen molar-refractivity contribution in [1.82, 2.24) is 9.71 Å². The number of nitrogens with one attached hydrogen (secondary N) is 1. The summed E-state index contributed by atoms with van der Waals surface area (Å²) in [6.07, 6.45) is 2.55. The molecular weight excluding hydrogens is 254 g/mol. The minimum atomic E-state index is -3.80. The third kappa shape index (κ3) is 2.85. The Hall–Kier alpha value is -1.49. The van der Waals surface area contributed by atoms with Gasteiger partial charge >= 0.3 is 0 Å². The molecule has 0 aromatic carbocycles. The second-order valence-electron chi connectivity index (χ2n) is 4.22. The van der Waals surface area contributed by atoms with Crippen LogP contribution >= 0.6 is 0 Å². The van der Waals surface area contributed by atoms with Gasteiger partial charge < -0.3 is 5.11 Å². The molecule has 1 aromatic heterocycles. The number of aliphatic hydroxyl groups excluding tert-OH is 1. The van der Waals surface area contributed by atoms with E-state index in [1.165, 1.54) is 18.3 Å². The minimum Gasteiger partial charge on any atom is -0.391 e. The van der Waals surface area contributed by atoms with E-state index in [1.54, 1.807) is 6.07 Å². The van der Waals surface area contributed by atoms with Gasteiger partial charge in [-0.2, -0.15) is 5.26 Å². The van der Waals surface area contributed by atoms with Crippen LogP contribution in [0.4, 0.5) is 0 Å². The fraction of sp³-hybridized carbons (Fsp3) is 0.455. The molecule has 1 aromatic rings. The van der Waals surface area contributed by atoms with Gasteiger partial charge in [-0.1, -0.05) is 0 Å². The number of hydrogen-bond donors (Lipinski definition) is 2. The highest BCUT2D eigenvalue weighted by Crippen LogP contribution is 2.32. The molecular formula is C11H13N3O3S. The van der Waals surface area contributed by atoms with Crippen LogP contribution in [0.2, 0.25) is 0 Å². The maximum absolute atomic E-state index is 11.9. The Morgan fingerprint density at radius 3 is 2.94 bits per heavy atom. The van der Waals surface area contributed by atoms with Gasteiger partial charge in [0.2, 0.25) is 10.0 Å². The largest absolute Gasteiger partial charge is 0.391 e. The van der Waals surface area contributed by atoms with Crippen molar-refractivity contribution >= 4 is 10.0 Å². The van der Waals surface area contributed by atoms with Crippen LogP contribution < -0.4 is 4.72 Å². The van der Waals surface area contributed by atoms with E-state index in [9.17, 15) is 13.5 Å². The van der Waals surface area contributed by atoms with Crippen LogP contribution in [0.5, 0.6) is 0 Å². The van der Waals surface area contributed by atoms with Crippen LogP contribution in [0, 0.1) is 17.2 Å². The number of sulfonamides is 1. The SMILES string of the molecule is N#Cc1ncccc1S(=O)(=O)NCC(O)C1CC1. The molecule has 0 spiro atoms. The van der Waals surface area contributed by atoms with Gasteiger partial charge in [0.15, 0.2) is 5.69 Å². The van der Waals surface area contributed by atoms with Crippen LogP contribution in [-0.2, 0) is 10.0 Å². The Kier molecular flexibility index (Phi) is 3.61. The number of nitrogens with zero attached hydrogens (tertiary/aromatic N) is 2. The average molecular weight is 267 g/mol. The minimum absolute atomic E-state index is 0.0350. The molecule has 1 saturated carbocycles. The van der Waals surface area contributed by atoms with E-state index in [4.69, 9.17) is 5.26 Å². The summed E-state index contributed by atoms with van der Waals surface area (Å²) in [4.78, 5) is 3.54. The van der Waals surface area contributed by atoms with E-state index >= 15 is 0 Å². The quantitative estimate of drug-likeness (QED) is 0.781. The maximum Gasteiger partial charge on any atom is 0.243 e. The molecule has 1 unspecified atom stereocenters. The van der Waals surface area contributed by atoms with Crippen LogP contribution in [0.15, 0.2) is 23.2 Å². The van der Waals surface area contributed by atoms with Gasteiger partial charge in [-0.05, 0) is 30.9 Å².